The fraction of sp³-hybridized carbons (Fsp3) is 0.417. The molecule has 1 fully saturated rings. The van der Waals surface area contributed by atoms with Gasteiger partial charge >= 0.3 is 0 Å². The molecule has 0 bridgehead atoms. The molecule has 1 saturated heterocycles. The Bertz CT molecular complexity index is 1020. The molecular formula is C24H29ClFN3O5. The minimum atomic E-state index is -1.19. The summed E-state index contributed by atoms with van der Waals surface area (Å²) in [7, 11) is 3.02. The number of hydrogen-bond acceptors (Lipinski definition) is 7. The molecule has 4 N–H and O–H groups in total. The number of anilines is 1. The van der Waals surface area contributed by atoms with E-state index in [0.717, 1.165) is 0 Å². The SMILES string of the molecule is COc1cc(N)c(Cl)cc1C(=O)N[C@H]1CCN(CCC(O)C(=O)c2ccc(F)cc2)C[C@H]1OC. The largest absolute Gasteiger partial charge is 0.496 e. The van der Waals surface area contributed by atoms with Crippen LogP contribution in [0.1, 0.15) is 33.6 Å². The molecule has 3 atom stereocenters. The highest BCUT2D eigenvalue weighted by molar-refractivity contribution is 6.33. The van der Waals surface area contributed by atoms with Crippen molar-refractivity contribution < 1.29 is 28.6 Å². The van der Waals surface area contributed by atoms with Crippen molar-refractivity contribution >= 4 is 29.0 Å². The number of ether oxygens (including phenoxy) is 2. The number of methoxy groups -OCH3 is 2. The number of carbonyl (C=O) groups is 2. The van der Waals surface area contributed by atoms with Crippen molar-refractivity contribution in [2.75, 3.05) is 39.6 Å². The lowest BCUT2D eigenvalue weighted by Gasteiger charge is -2.38. The molecule has 3 rings (SSSR count). The number of nitrogens with two attached hydrogens (primary N) is 1. The minimum Gasteiger partial charge on any atom is -0.496 e. The smallest absolute Gasteiger partial charge is 0.255 e. The molecule has 2 aromatic rings. The third kappa shape index (κ3) is 6.24. The molecule has 0 radical (unpaired) electrons. The van der Waals surface area contributed by atoms with Crippen molar-refractivity contribution in [2.45, 2.75) is 31.1 Å². The quantitative estimate of drug-likeness (QED) is 0.363. The predicted molar refractivity (Wildman–Crippen MR) is 127 cm³/mol. The number of aliphatic hydroxyl groups is 1. The Morgan fingerprint density at radius 3 is 2.65 bits per heavy atom. The van der Waals surface area contributed by atoms with Crippen LogP contribution in [0.25, 0.3) is 0 Å². The standard InChI is InChI=1S/C24H29ClFN3O5/c1-33-21-12-18(27)17(25)11-16(21)24(32)28-19-7-9-29(13-22(19)34-2)10-8-20(30)23(31)14-3-5-15(26)6-4-14/h3-6,11-12,19-20,22,30H,7-10,13,27H2,1-2H3,(H,28,32)/t19-,20?,22+/m0/s1. The number of likely N-dealkylation sites (tertiary alicyclic amines) is 1. The average Bonchev–Trinajstić information content (AvgIpc) is 2.84. The van der Waals surface area contributed by atoms with Crippen LogP contribution >= 0.6 is 11.6 Å². The van der Waals surface area contributed by atoms with E-state index in [1.54, 1.807) is 7.11 Å². The van der Waals surface area contributed by atoms with Gasteiger partial charge in [0.2, 0.25) is 0 Å². The van der Waals surface area contributed by atoms with E-state index in [1.807, 2.05) is 0 Å². The Morgan fingerprint density at radius 1 is 1.29 bits per heavy atom. The molecule has 0 saturated carbocycles. The number of halogens is 2. The van der Waals surface area contributed by atoms with Gasteiger partial charge in [-0.3, -0.25) is 9.59 Å². The van der Waals surface area contributed by atoms with Gasteiger partial charge in [0.1, 0.15) is 17.7 Å². The first-order valence-electron chi connectivity index (χ1n) is 10.9. The minimum absolute atomic E-state index is 0.227. The fourth-order valence-electron chi connectivity index (χ4n) is 3.99. The first kappa shape index (κ1) is 25.9. The van der Waals surface area contributed by atoms with Gasteiger partial charge in [-0.05, 0) is 43.2 Å². The summed E-state index contributed by atoms with van der Waals surface area (Å²) in [5, 5.41) is 13.5. The third-order valence-electron chi connectivity index (χ3n) is 5.98. The number of carbonyl (C=O) groups excluding carboxylic acids is 2. The van der Waals surface area contributed by atoms with Crippen LogP contribution in [-0.2, 0) is 4.74 Å². The second-order valence-electron chi connectivity index (χ2n) is 8.19. The van der Waals surface area contributed by atoms with Gasteiger partial charge in [0.05, 0.1) is 35.5 Å². The number of nitrogen functional groups attached to an aromatic ring is 1. The van der Waals surface area contributed by atoms with E-state index in [1.165, 1.54) is 43.5 Å². The van der Waals surface area contributed by atoms with Crippen LogP contribution in [0.15, 0.2) is 36.4 Å². The highest BCUT2D eigenvalue weighted by Gasteiger charge is 2.32. The Kier molecular flexibility index (Phi) is 8.84. The average molecular weight is 494 g/mol. The van der Waals surface area contributed by atoms with Crippen molar-refractivity contribution in [3.8, 4) is 5.75 Å². The maximum atomic E-state index is 13.1. The Balaban J connectivity index is 1.55. The number of aliphatic hydroxyl groups excluding tert-OH is 1. The Morgan fingerprint density at radius 2 is 2.00 bits per heavy atom. The molecule has 184 valence electrons. The lowest BCUT2D eigenvalue weighted by molar-refractivity contribution is 0.00285. The van der Waals surface area contributed by atoms with Gasteiger partial charge in [-0.1, -0.05) is 11.6 Å². The van der Waals surface area contributed by atoms with Crippen LogP contribution in [0.3, 0.4) is 0 Å². The number of amides is 1. The number of benzene rings is 2. The summed E-state index contributed by atoms with van der Waals surface area (Å²) in [6, 6.07) is 7.83. The molecule has 34 heavy (non-hydrogen) atoms. The van der Waals surface area contributed by atoms with Gasteiger partial charge < -0.3 is 30.5 Å². The van der Waals surface area contributed by atoms with Gasteiger partial charge in [0, 0.05) is 38.4 Å². The molecule has 1 aliphatic heterocycles. The molecule has 2 aromatic carbocycles. The van der Waals surface area contributed by atoms with E-state index >= 15 is 0 Å². The molecular weight excluding hydrogens is 465 g/mol. The number of rotatable bonds is 9. The van der Waals surface area contributed by atoms with E-state index < -0.39 is 17.7 Å². The zero-order valence-corrected chi connectivity index (χ0v) is 19.8. The summed E-state index contributed by atoms with van der Waals surface area (Å²) in [6.07, 6.45) is -0.647. The van der Waals surface area contributed by atoms with Crippen molar-refractivity contribution in [1.29, 1.82) is 0 Å². The molecule has 8 nitrogen and oxygen atoms in total. The summed E-state index contributed by atoms with van der Waals surface area (Å²) < 4.78 is 23.9. The second kappa shape index (κ2) is 11.6. The number of ketones is 1. The fourth-order valence-corrected chi connectivity index (χ4v) is 4.16. The van der Waals surface area contributed by atoms with E-state index in [0.29, 0.717) is 37.5 Å². The van der Waals surface area contributed by atoms with Gasteiger partial charge in [0.15, 0.2) is 5.78 Å². The van der Waals surface area contributed by atoms with Crippen molar-refractivity contribution in [1.82, 2.24) is 10.2 Å². The number of piperidine rings is 1. The third-order valence-corrected chi connectivity index (χ3v) is 6.30. The van der Waals surface area contributed by atoms with Gasteiger partial charge in [-0.15, -0.1) is 0 Å². The van der Waals surface area contributed by atoms with Gasteiger partial charge in [0.25, 0.3) is 5.91 Å². The van der Waals surface area contributed by atoms with E-state index in [4.69, 9.17) is 26.8 Å². The highest BCUT2D eigenvalue weighted by atomic mass is 35.5. The molecule has 0 spiro atoms. The molecule has 0 aromatic heterocycles. The summed E-state index contributed by atoms with van der Waals surface area (Å²) in [4.78, 5) is 27.3. The van der Waals surface area contributed by atoms with Crippen molar-refractivity contribution in [3.63, 3.8) is 0 Å². The number of nitrogens with zero attached hydrogens (tertiary/aromatic N) is 1. The second-order valence-corrected chi connectivity index (χ2v) is 8.60. The monoisotopic (exact) mass is 493 g/mol. The predicted octanol–water partition coefficient (Wildman–Crippen LogP) is 2.52. The van der Waals surface area contributed by atoms with Crippen LogP contribution in [0, 0.1) is 5.82 Å². The van der Waals surface area contributed by atoms with Gasteiger partial charge in [-0.25, -0.2) is 4.39 Å². The van der Waals surface area contributed by atoms with E-state index in [9.17, 15) is 19.1 Å². The molecule has 1 heterocycles. The topological polar surface area (TPSA) is 114 Å². The molecule has 1 amide bonds. The highest BCUT2D eigenvalue weighted by Crippen LogP contribution is 2.29. The number of hydrogen-bond donors (Lipinski definition) is 3. The lowest BCUT2D eigenvalue weighted by Crippen LogP contribution is -2.55. The zero-order chi connectivity index (χ0) is 24.8. The van der Waals surface area contributed by atoms with Crippen LogP contribution in [0.5, 0.6) is 5.75 Å². The summed E-state index contributed by atoms with van der Waals surface area (Å²) in [5.74, 6) is -0.906. The zero-order valence-electron chi connectivity index (χ0n) is 19.1. The number of nitrogens with one attached hydrogen (secondary N) is 1. The maximum absolute atomic E-state index is 13.1. The molecule has 0 aliphatic carbocycles. The lowest BCUT2D eigenvalue weighted by atomic mass is 9.99. The summed E-state index contributed by atoms with van der Waals surface area (Å²) >= 11 is 6.08. The summed E-state index contributed by atoms with van der Waals surface area (Å²) in [5.41, 5.74) is 6.66. The first-order valence-corrected chi connectivity index (χ1v) is 11.3. The first-order chi connectivity index (χ1) is 16.2. The molecule has 10 heteroatoms. The Labute approximate surface area is 202 Å². The van der Waals surface area contributed by atoms with Crippen molar-refractivity contribution in [2.24, 2.45) is 0 Å². The summed E-state index contributed by atoms with van der Waals surface area (Å²) in [6.45, 7) is 1.62. The van der Waals surface area contributed by atoms with E-state index in [2.05, 4.69) is 10.2 Å². The van der Waals surface area contributed by atoms with Crippen LogP contribution in [0.4, 0.5) is 10.1 Å². The van der Waals surface area contributed by atoms with Crippen LogP contribution in [0.2, 0.25) is 5.02 Å². The van der Waals surface area contributed by atoms with Crippen molar-refractivity contribution in [3.05, 3.63) is 58.4 Å². The maximum Gasteiger partial charge on any atom is 0.255 e. The molecule has 1 aliphatic rings. The van der Waals surface area contributed by atoms with Gasteiger partial charge in [-0.2, -0.15) is 0 Å². The van der Waals surface area contributed by atoms with Crippen LogP contribution < -0.4 is 15.8 Å². The molecule has 1 unspecified atom stereocenters. The Hall–Kier alpha value is -2.72. The van der Waals surface area contributed by atoms with Crippen LogP contribution in [-0.4, -0.2) is 73.8 Å². The normalized spacial score (nSPS) is 19.4. The van der Waals surface area contributed by atoms with E-state index in [-0.39, 0.29) is 40.6 Å². The number of Topliss-reactive ketones (excluding diaryl/α,β-unsaturated/α-hetero) is 1.